The van der Waals surface area contributed by atoms with Crippen LogP contribution in [0.4, 0.5) is 0 Å². The average molecular weight is 235 g/mol. The van der Waals surface area contributed by atoms with Crippen LogP contribution in [0.25, 0.3) is 5.69 Å². The fourth-order valence-corrected chi connectivity index (χ4v) is 1.38. The molecule has 0 fully saturated rings. The van der Waals surface area contributed by atoms with Gasteiger partial charge in [0.25, 0.3) is 0 Å². The van der Waals surface area contributed by atoms with Gasteiger partial charge in [-0.25, -0.2) is 0 Å². The van der Waals surface area contributed by atoms with Crippen molar-refractivity contribution in [3.8, 4) is 17.2 Å². The molecule has 0 aliphatic heterocycles. The van der Waals surface area contributed by atoms with Crippen molar-refractivity contribution in [2.45, 2.75) is 6.54 Å². The molecule has 0 aliphatic rings. The van der Waals surface area contributed by atoms with Gasteiger partial charge in [0.05, 0.1) is 20.8 Å². The van der Waals surface area contributed by atoms with Crippen LogP contribution in [0.3, 0.4) is 0 Å². The summed E-state index contributed by atoms with van der Waals surface area (Å²) in [6.07, 6.45) is 0. The van der Waals surface area contributed by atoms with Gasteiger partial charge in [-0.05, 0) is 17.3 Å². The number of aromatic nitrogens is 4. The van der Waals surface area contributed by atoms with Gasteiger partial charge in [0.1, 0.15) is 17.2 Å². The Morgan fingerprint density at radius 1 is 1.29 bits per heavy atom. The Morgan fingerprint density at radius 3 is 2.71 bits per heavy atom. The van der Waals surface area contributed by atoms with Crippen molar-refractivity contribution >= 4 is 0 Å². The zero-order valence-electron chi connectivity index (χ0n) is 9.62. The van der Waals surface area contributed by atoms with Gasteiger partial charge < -0.3 is 15.2 Å². The Balaban J connectivity index is 2.47. The topological polar surface area (TPSA) is 88.1 Å². The summed E-state index contributed by atoms with van der Waals surface area (Å²) in [6.45, 7) is 0.242. The van der Waals surface area contributed by atoms with E-state index in [1.807, 2.05) is 0 Å². The van der Waals surface area contributed by atoms with Crippen LogP contribution in [0, 0.1) is 0 Å². The number of hydrogen-bond donors (Lipinski definition) is 1. The van der Waals surface area contributed by atoms with Gasteiger partial charge in [0, 0.05) is 6.07 Å². The quantitative estimate of drug-likeness (QED) is 0.810. The second-order valence-corrected chi connectivity index (χ2v) is 3.24. The molecule has 2 rings (SSSR count). The van der Waals surface area contributed by atoms with Crippen molar-refractivity contribution < 1.29 is 9.47 Å². The van der Waals surface area contributed by atoms with Crippen LogP contribution in [0.1, 0.15) is 5.82 Å². The summed E-state index contributed by atoms with van der Waals surface area (Å²) >= 11 is 0. The summed E-state index contributed by atoms with van der Waals surface area (Å²) in [7, 11) is 3.16. The number of methoxy groups -OCH3 is 2. The number of nitrogens with two attached hydrogens (primary N) is 1. The van der Waals surface area contributed by atoms with Crippen molar-refractivity contribution in [1.82, 2.24) is 20.2 Å². The largest absolute Gasteiger partial charge is 0.497 e. The van der Waals surface area contributed by atoms with Gasteiger partial charge in [-0.1, -0.05) is 0 Å². The molecule has 2 N–H and O–H groups in total. The normalized spacial score (nSPS) is 10.3. The lowest BCUT2D eigenvalue weighted by Crippen LogP contribution is -2.04. The van der Waals surface area contributed by atoms with E-state index in [2.05, 4.69) is 15.4 Å². The Bertz CT molecular complexity index is 511. The fourth-order valence-electron chi connectivity index (χ4n) is 1.38. The molecule has 17 heavy (non-hydrogen) atoms. The molecule has 0 spiro atoms. The highest BCUT2D eigenvalue weighted by molar-refractivity contribution is 5.49. The minimum Gasteiger partial charge on any atom is -0.497 e. The number of hydrogen-bond acceptors (Lipinski definition) is 6. The van der Waals surface area contributed by atoms with Gasteiger partial charge in [-0.2, -0.15) is 0 Å². The lowest BCUT2D eigenvalue weighted by atomic mass is 10.3. The SMILES string of the molecule is COc1ccc(OC)c(-n2nnc(CN)n2)c1. The molecule has 7 heteroatoms. The Morgan fingerprint density at radius 2 is 2.12 bits per heavy atom. The molecule has 0 unspecified atom stereocenters. The zero-order valence-corrected chi connectivity index (χ0v) is 9.62. The van der Waals surface area contributed by atoms with E-state index >= 15 is 0 Å². The number of rotatable bonds is 4. The van der Waals surface area contributed by atoms with Crippen LogP contribution in [0.5, 0.6) is 11.5 Å². The molecular formula is C10H13N5O2. The predicted molar refractivity (Wildman–Crippen MR) is 60.1 cm³/mol. The van der Waals surface area contributed by atoms with Crippen molar-refractivity contribution in [2.24, 2.45) is 5.73 Å². The first-order valence-corrected chi connectivity index (χ1v) is 5.00. The maximum absolute atomic E-state index is 5.43. The molecule has 0 atom stereocenters. The van der Waals surface area contributed by atoms with E-state index in [0.29, 0.717) is 23.0 Å². The van der Waals surface area contributed by atoms with Crippen LogP contribution >= 0.6 is 0 Å². The number of benzene rings is 1. The summed E-state index contributed by atoms with van der Waals surface area (Å²) in [6, 6.07) is 5.34. The molecule has 0 aliphatic carbocycles. The minimum absolute atomic E-state index is 0.242. The molecule has 0 bridgehead atoms. The molecule has 0 saturated heterocycles. The summed E-state index contributed by atoms with van der Waals surface area (Å²) < 4.78 is 10.4. The minimum atomic E-state index is 0.242. The van der Waals surface area contributed by atoms with Crippen LogP contribution in [0.2, 0.25) is 0 Å². The number of tetrazole rings is 1. The molecule has 2 aromatic rings. The lowest BCUT2D eigenvalue weighted by molar-refractivity contribution is 0.399. The highest BCUT2D eigenvalue weighted by Crippen LogP contribution is 2.26. The van der Waals surface area contributed by atoms with Crippen LogP contribution in [-0.4, -0.2) is 34.4 Å². The summed E-state index contributed by atoms with van der Waals surface area (Å²) in [5.41, 5.74) is 6.09. The third-order valence-electron chi connectivity index (χ3n) is 2.24. The van der Waals surface area contributed by atoms with Crippen LogP contribution < -0.4 is 15.2 Å². The van der Waals surface area contributed by atoms with Crippen LogP contribution in [-0.2, 0) is 6.54 Å². The van der Waals surface area contributed by atoms with E-state index in [-0.39, 0.29) is 6.54 Å². The highest BCUT2D eigenvalue weighted by Gasteiger charge is 2.10. The third kappa shape index (κ3) is 2.18. The highest BCUT2D eigenvalue weighted by atomic mass is 16.5. The number of ether oxygens (including phenoxy) is 2. The molecule has 0 saturated carbocycles. The predicted octanol–water partition coefficient (Wildman–Crippen LogP) is 0.138. The molecule has 1 aromatic heterocycles. The first-order chi connectivity index (χ1) is 8.28. The van der Waals surface area contributed by atoms with Gasteiger partial charge in [-0.3, -0.25) is 0 Å². The van der Waals surface area contributed by atoms with E-state index in [4.69, 9.17) is 15.2 Å². The van der Waals surface area contributed by atoms with Crippen molar-refractivity contribution in [3.63, 3.8) is 0 Å². The van der Waals surface area contributed by atoms with E-state index in [0.717, 1.165) is 0 Å². The Hall–Kier alpha value is -2.15. The van der Waals surface area contributed by atoms with E-state index in [1.54, 1.807) is 32.4 Å². The summed E-state index contributed by atoms with van der Waals surface area (Å²) in [5, 5.41) is 11.8. The first-order valence-electron chi connectivity index (χ1n) is 5.00. The average Bonchev–Trinajstić information content (AvgIpc) is 2.86. The standard InChI is InChI=1S/C10H13N5O2/c1-16-7-3-4-9(17-2)8(5-7)15-13-10(6-11)12-14-15/h3-5H,6,11H2,1-2H3. The Kier molecular flexibility index (Phi) is 3.20. The molecule has 1 heterocycles. The number of nitrogens with zero attached hydrogens (tertiary/aromatic N) is 4. The molecule has 0 amide bonds. The van der Waals surface area contributed by atoms with E-state index in [1.165, 1.54) is 4.80 Å². The smallest absolute Gasteiger partial charge is 0.188 e. The molecule has 1 aromatic carbocycles. The molecular weight excluding hydrogens is 222 g/mol. The van der Waals surface area contributed by atoms with E-state index in [9.17, 15) is 0 Å². The van der Waals surface area contributed by atoms with Gasteiger partial charge >= 0.3 is 0 Å². The summed E-state index contributed by atoms with van der Waals surface area (Å²) in [5.74, 6) is 1.79. The van der Waals surface area contributed by atoms with Gasteiger partial charge in [0.2, 0.25) is 0 Å². The van der Waals surface area contributed by atoms with Crippen molar-refractivity contribution in [2.75, 3.05) is 14.2 Å². The second-order valence-electron chi connectivity index (χ2n) is 3.24. The van der Waals surface area contributed by atoms with E-state index < -0.39 is 0 Å². The lowest BCUT2D eigenvalue weighted by Gasteiger charge is -2.08. The van der Waals surface area contributed by atoms with Gasteiger partial charge in [-0.15, -0.1) is 15.0 Å². The monoisotopic (exact) mass is 235 g/mol. The van der Waals surface area contributed by atoms with Crippen molar-refractivity contribution in [1.29, 1.82) is 0 Å². The maximum Gasteiger partial charge on any atom is 0.188 e. The maximum atomic E-state index is 5.43. The second kappa shape index (κ2) is 4.79. The van der Waals surface area contributed by atoms with Crippen molar-refractivity contribution in [3.05, 3.63) is 24.0 Å². The summed E-state index contributed by atoms with van der Waals surface area (Å²) in [4.78, 5) is 1.36. The van der Waals surface area contributed by atoms with Gasteiger partial charge in [0.15, 0.2) is 5.82 Å². The first kappa shape index (κ1) is 11.3. The molecule has 7 nitrogen and oxygen atoms in total. The van der Waals surface area contributed by atoms with Crippen LogP contribution in [0.15, 0.2) is 18.2 Å². The Labute approximate surface area is 98.1 Å². The fraction of sp³-hybridized carbons (Fsp3) is 0.300. The third-order valence-corrected chi connectivity index (χ3v) is 2.24. The zero-order chi connectivity index (χ0) is 12.3. The molecule has 0 radical (unpaired) electrons. The molecule has 90 valence electrons.